The van der Waals surface area contributed by atoms with Crippen LogP contribution in [0.3, 0.4) is 0 Å². The van der Waals surface area contributed by atoms with Gasteiger partial charge in [0.05, 0.1) is 12.2 Å². The average molecular weight is 387 g/mol. The monoisotopic (exact) mass is 386 g/mol. The minimum Gasteiger partial charge on any atom is -0.347 e. The molecule has 0 atom stereocenters. The van der Waals surface area contributed by atoms with Gasteiger partial charge in [-0.1, -0.05) is 37.8 Å². The molecule has 1 aromatic carbocycles. The minimum absolute atomic E-state index is 0.0770. The van der Waals surface area contributed by atoms with Gasteiger partial charge in [-0.05, 0) is 49.7 Å². The van der Waals surface area contributed by atoms with E-state index in [0.717, 1.165) is 6.54 Å². The highest BCUT2D eigenvalue weighted by molar-refractivity contribution is 6.30. The van der Waals surface area contributed by atoms with Gasteiger partial charge < -0.3 is 4.57 Å². The van der Waals surface area contributed by atoms with Crippen molar-refractivity contribution in [3.05, 3.63) is 58.4 Å². The maximum absolute atomic E-state index is 12.8. The number of hydrogen-bond acceptors (Lipinski definition) is 3. The summed E-state index contributed by atoms with van der Waals surface area (Å²) in [6.07, 6.45) is 7.92. The Labute approximate surface area is 166 Å². The van der Waals surface area contributed by atoms with Crippen LogP contribution in [-0.2, 0) is 7.05 Å². The number of carbonyl (C=O) groups is 2. The lowest BCUT2D eigenvalue weighted by atomic mass is 9.94. The maximum Gasteiger partial charge on any atom is 0.209 e. The molecule has 1 aliphatic carbocycles. The first-order valence-electron chi connectivity index (χ1n) is 9.73. The maximum atomic E-state index is 12.8. The van der Waals surface area contributed by atoms with Crippen molar-refractivity contribution in [3.8, 4) is 0 Å². The van der Waals surface area contributed by atoms with Crippen LogP contribution in [0.25, 0.3) is 0 Å². The van der Waals surface area contributed by atoms with Crippen molar-refractivity contribution in [1.29, 1.82) is 0 Å². The van der Waals surface area contributed by atoms with Gasteiger partial charge in [-0.15, -0.1) is 0 Å². The molecule has 0 bridgehead atoms. The molecule has 0 amide bonds. The van der Waals surface area contributed by atoms with E-state index in [4.69, 9.17) is 11.6 Å². The zero-order valence-electron chi connectivity index (χ0n) is 16.1. The molecule has 0 unspecified atom stereocenters. The first kappa shape index (κ1) is 19.8. The number of aromatic nitrogens is 1. The quantitative estimate of drug-likeness (QED) is 0.645. The van der Waals surface area contributed by atoms with Crippen molar-refractivity contribution >= 4 is 23.2 Å². The lowest BCUT2D eigenvalue weighted by molar-refractivity contribution is 0.0868. The summed E-state index contributed by atoms with van der Waals surface area (Å²) in [5.74, 6) is -0.0268. The number of halogens is 1. The Balaban J connectivity index is 1.73. The Morgan fingerprint density at radius 2 is 1.78 bits per heavy atom. The van der Waals surface area contributed by atoms with Crippen LogP contribution >= 0.6 is 11.6 Å². The van der Waals surface area contributed by atoms with Gasteiger partial charge in [-0.2, -0.15) is 0 Å². The van der Waals surface area contributed by atoms with Gasteiger partial charge in [0.2, 0.25) is 5.78 Å². The smallest absolute Gasteiger partial charge is 0.209 e. The second-order valence-electron chi connectivity index (χ2n) is 7.34. The van der Waals surface area contributed by atoms with Crippen LogP contribution < -0.4 is 0 Å². The lowest BCUT2D eigenvalue weighted by Crippen LogP contribution is -2.40. The fourth-order valence-electron chi connectivity index (χ4n) is 3.91. The summed E-state index contributed by atoms with van der Waals surface area (Å²) in [7, 11) is 1.80. The number of Topliss-reactive ketones (excluding diaryl/α,β-unsaturated/α-hetero) is 1. The summed E-state index contributed by atoms with van der Waals surface area (Å²) in [5, 5.41) is 0.594. The van der Waals surface area contributed by atoms with Crippen molar-refractivity contribution in [2.24, 2.45) is 7.05 Å². The Kier molecular flexibility index (Phi) is 6.51. The molecule has 144 valence electrons. The van der Waals surface area contributed by atoms with E-state index in [2.05, 4.69) is 11.8 Å². The van der Waals surface area contributed by atoms with E-state index < -0.39 is 0 Å². The fraction of sp³-hybridized carbons (Fsp3) is 0.455. The van der Waals surface area contributed by atoms with Crippen LogP contribution in [0.15, 0.2) is 36.5 Å². The van der Waals surface area contributed by atoms with Crippen molar-refractivity contribution in [1.82, 2.24) is 9.47 Å². The molecule has 27 heavy (non-hydrogen) atoms. The molecule has 1 saturated carbocycles. The lowest BCUT2D eigenvalue weighted by Gasteiger charge is -2.32. The predicted octanol–water partition coefficient (Wildman–Crippen LogP) is 4.75. The first-order valence-corrected chi connectivity index (χ1v) is 10.1. The Hall–Kier alpha value is -1.91. The van der Waals surface area contributed by atoms with Crippen LogP contribution in [0, 0.1) is 0 Å². The Morgan fingerprint density at radius 1 is 1.11 bits per heavy atom. The molecule has 1 aliphatic rings. The summed E-state index contributed by atoms with van der Waals surface area (Å²) in [6, 6.07) is 9.04. The molecule has 3 rings (SSSR count). The van der Waals surface area contributed by atoms with Gasteiger partial charge in [-0.25, -0.2) is 0 Å². The molecule has 0 aliphatic heterocycles. The zero-order chi connectivity index (χ0) is 19.4. The fourth-order valence-corrected chi connectivity index (χ4v) is 4.04. The van der Waals surface area contributed by atoms with Crippen molar-refractivity contribution in [2.45, 2.75) is 45.1 Å². The normalized spacial score (nSPS) is 15.3. The molecule has 1 aromatic heterocycles. The molecule has 5 heteroatoms. The number of ketones is 2. The van der Waals surface area contributed by atoms with E-state index in [1.807, 2.05) is 0 Å². The van der Waals surface area contributed by atoms with Crippen LogP contribution in [0.5, 0.6) is 0 Å². The highest BCUT2D eigenvalue weighted by Gasteiger charge is 2.24. The standard InChI is InChI=1S/C22H27ClN2O2/c1-3-25(19-7-5-4-6-8-19)15-21(26)17-13-20(24(2)14-17)22(27)16-9-11-18(23)12-10-16/h9-14,19H,3-8,15H2,1-2H3. The number of hydrogen-bond donors (Lipinski definition) is 0. The second-order valence-corrected chi connectivity index (χ2v) is 7.78. The van der Waals surface area contributed by atoms with E-state index in [1.54, 1.807) is 48.1 Å². The first-order chi connectivity index (χ1) is 13.0. The number of aryl methyl sites for hydroxylation is 1. The summed E-state index contributed by atoms with van der Waals surface area (Å²) in [5.41, 5.74) is 1.68. The van der Waals surface area contributed by atoms with Gasteiger partial charge >= 0.3 is 0 Å². The third-order valence-corrected chi connectivity index (χ3v) is 5.76. The van der Waals surface area contributed by atoms with Gasteiger partial charge in [0.15, 0.2) is 5.78 Å². The highest BCUT2D eigenvalue weighted by atomic mass is 35.5. The van der Waals surface area contributed by atoms with Crippen LogP contribution in [0.1, 0.15) is 65.4 Å². The topological polar surface area (TPSA) is 42.3 Å². The number of nitrogens with zero attached hydrogens (tertiary/aromatic N) is 2. The molecule has 0 saturated heterocycles. The van der Waals surface area contributed by atoms with E-state index >= 15 is 0 Å². The summed E-state index contributed by atoms with van der Waals surface area (Å²) in [6.45, 7) is 3.40. The van der Waals surface area contributed by atoms with Crippen LogP contribution in [0.2, 0.25) is 5.02 Å². The van der Waals surface area contributed by atoms with E-state index in [1.165, 1.54) is 32.1 Å². The van der Waals surface area contributed by atoms with E-state index in [0.29, 0.717) is 34.4 Å². The molecule has 1 fully saturated rings. The van der Waals surface area contributed by atoms with Gasteiger partial charge in [0.25, 0.3) is 0 Å². The molecule has 4 nitrogen and oxygen atoms in total. The highest BCUT2D eigenvalue weighted by Crippen LogP contribution is 2.23. The van der Waals surface area contributed by atoms with Crippen LogP contribution in [-0.4, -0.2) is 40.2 Å². The van der Waals surface area contributed by atoms with Gasteiger partial charge in [-0.3, -0.25) is 14.5 Å². The molecule has 0 radical (unpaired) electrons. The Bertz CT molecular complexity index is 804. The molecular weight excluding hydrogens is 360 g/mol. The minimum atomic E-state index is -0.104. The number of carbonyl (C=O) groups excluding carboxylic acids is 2. The van der Waals surface area contributed by atoms with Crippen molar-refractivity contribution < 1.29 is 9.59 Å². The molecular formula is C22H27ClN2O2. The second kappa shape index (κ2) is 8.85. The number of rotatable bonds is 7. The predicted molar refractivity (Wildman–Crippen MR) is 109 cm³/mol. The molecule has 0 N–H and O–H groups in total. The summed E-state index contributed by atoms with van der Waals surface area (Å²) >= 11 is 5.90. The van der Waals surface area contributed by atoms with Crippen LogP contribution in [0.4, 0.5) is 0 Å². The van der Waals surface area contributed by atoms with Gasteiger partial charge in [0, 0.05) is 35.4 Å². The van der Waals surface area contributed by atoms with Gasteiger partial charge in [0.1, 0.15) is 0 Å². The van der Waals surface area contributed by atoms with Crippen molar-refractivity contribution in [2.75, 3.05) is 13.1 Å². The summed E-state index contributed by atoms with van der Waals surface area (Å²) in [4.78, 5) is 27.9. The number of benzene rings is 1. The summed E-state index contributed by atoms with van der Waals surface area (Å²) < 4.78 is 1.74. The molecule has 0 spiro atoms. The molecule has 2 aromatic rings. The third kappa shape index (κ3) is 4.69. The molecule has 1 heterocycles. The SMILES string of the molecule is CCN(CC(=O)c1cc(C(=O)c2ccc(Cl)cc2)n(C)c1)C1CCCCC1. The van der Waals surface area contributed by atoms with Crippen molar-refractivity contribution in [3.63, 3.8) is 0 Å². The van der Waals surface area contributed by atoms with E-state index in [9.17, 15) is 9.59 Å². The van der Waals surface area contributed by atoms with E-state index in [-0.39, 0.29) is 11.6 Å². The Morgan fingerprint density at radius 3 is 2.41 bits per heavy atom. The number of likely N-dealkylation sites (N-methyl/N-ethyl adjacent to an activating group) is 1. The third-order valence-electron chi connectivity index (χ3n) is 5.51. The zero-order valence-corrected chi connectivity index (χ0v) is 16.8. The largest absolute Gasteiger partial charge is 0.347 e. The average Bonchev–Trinajstić information content (AvgIpc) is 3.08.